The maximum atomic E-state index is 6.61. The van der Waals surface area contributed by atoms with Crippen LogP contribution in [0.3, 0.4) is 0 Å². The number of para-hydroxylation sites is 2. The fraction of sp³-hybridized carbons (Fsp3) is 0.225. The Morgan fingerprint density at radius 3 is 1.34 bits per heavy atom. The van der Waals surface area contributed by atoms with Gasteiger partial charge in [0.15, 0.2) is 5.79 Å². The number of rotatable bonds is 9. The van der Waals surface area contributed by atoms with Gasteiger partial charge in [0.2, 0.25) is 0 Å². The number of aromatic amines is 1. The molecule has 0 amide bonds. The first kappa shape index (κ1) is 38.7. The summed E-state index contributed by atoms with van der Waals surface area (Å²) < 4.78 is 13.2. The molecule has 5 nitrogen and oxygen atoms in total. The van der Waals surface area contributed by atoms with Crippen molar-refractivity contribution in [3.63, 3.8) is 0 Å². The first-order chi connectivity index (χ1) is 24.3. The van der Waals surface area contributed by atoms with Crippen LogP contribution in [-0.4, -0.2) is 40.3 Å². The predicted octanol–water partition coefficient (Wildman–Crippen LogP) is 8.73. The summed E-state index contributed by atoms with van der Waals surface area (Å²) in [4.78, 5) is 7.49. The van der Waals surface area contributed by atoms with Crippen molar-refractivity contribution in [1.82, 2.24) is 9.97 Å². The summed E-state index contributed by atoms with van der Waals surface area (Å²) in [6, 6.07) is 51.5. The summed E-state index contributed by atoms with van der Waals surface area (Å²) in [7, 11) is 8.59. The van der Waals surface area contributed by atoms with Gasteiger partial charge in [0.25, 0.3) is 0 Å². The zero-order valence-corrected chi connectivity index (χ0v) is 33.4. The second-order valence-corrected chi connectivity index (χ2v) is 19.4. The van der Waals surface area contributed by atoms with E-state index in [-0.39, 0.29) is 33.4 Å². The molecular weight excluding hydrogens is 788 g/mol. The topological polar surface area (TPSA) is 73.2 Å². The van der Waals surface area contributed by atoms with Crippen LogP contribution in [0.2, 0.25) is 0 Å². The van der Waals surface area contributed by atoms with Crippen LogP contribution in [0.5, 0.6) is 0 Å². The van der Waals surface area contributed by atoms with Gasteiger partial charge in [-0.25, -0.2) is 4.98 Å². The second-order valence-electron chi connectivity index (χ2n) is 12.3. The van der Waals surface area contributed by atoms with Gasteiger partial charge in [-0.05, 0) is 70.0 Å². The fourth-order valence-corrected chi connectivity index (χ4v) is 10.8. The Balaban J connectivity index is 0.000000269. The van der Waals surface area contributed by atoms with E-state index in [0.717, 1.165) is 29.2 Å². The standard InChI is InChI=1S/C31H32O2P2.C9H11N3.2ClH.Ru/c1-31(2)32-29(23-34(25-15-7-3-8-16-25)26-17-9-4-10-18-26)30(33-31)24-35(27-19-11-5-12-20-27)28-21-13-6-14-22-28;1-6(10)9-11-7-4-2-3-5-8(7)12-9;;;/h3-22,29-30H,23-24H2,1-2H3;2-6H,10H2,1H3,(H,11,12);2*1H;/q;;;;+2/p-2. The van der Waals surface area contributed by atoms with Crippen molar-refractivity contribution in [3.8, 4) is 0 Å². The van der Waals surface area contributed by atoms with Crippen molar-refractivity contribution in [1.29, 1.82) is 0 Å². The van der Waals surface area contributed by atoms with E-state index in [1.807, 2.05) is 31.2 Å². The Kier molecular flexibility index (Phi) is 15.0. The summed E-state index contributed by atoms with van der Waals surface area (Å²) in [6.45, 7) is 6.03. The number of ether oxygens (including phenoxy) is 2. The third-order valence-electron chi connectivity index (χ3n) is 8.12. The van der Waals surface area contributed by atoms with Crippen LogP contribution in [0, 0.1) is 0 Å². The van der Waals surface area contributed by atoms with Crippen molar-refractivity contribution in [2.75, 3.05) is 12.3 Å². The summed E-state index contributed by atoms with van der Waals surface area (Å²) in [6.07, 6.45) is 1.97. The molecule has 6 aromatic rings. The number of nitrogens with zero attached hydrogens (tertiary/aromatic N) is 1. The van der Waals surface area contributed by atoms with Crippen LogP contribution in [-0.2, 0) is 24.6 Å². The van der Waals surface area contributed by atoms with Crippen molar-refractivity contribution in [3.05, 3.63) is 151 Å². The van der Waals surface area contributed by atoms with Gasteiger partial charge in [-0.15, -0.1) is 0 Å². The summed E-state index contributed by atoms with van der Waals surface area (Å²) in [5.41, 5.74) is 7.71. The van der Waals surface area contributed by atoms with Gasteiger partial charge in [0.1, 0.15) is 5.82 Å². The average Bonchev–Trinajstić information content (AvgIpc) is 3.71. The average molecular weight is 832 g/mol. The molecule has 1 aliphatic rings. The quantitative estimate of drug-likeness (QED) is 0.113. The van der Waals surface area contributed by atoms with E-state index in [2.05, 4.69) is 145 Å². The van der Waals surface area contributed by atoms with Crippen LogP contribution in [0.1, 0.15) is 32.6 Å². The fourth-order valence-electron chi connectivity index (χ4n) is 5.92. The number of H-pyrrole nitrogens is 1. The maximum absolute atomic E-state index is 6.61. The van der Waals surface area contributed by atoms with Crippen LogP contribution in [0.25, 0.3) is 11.0 Å². The molecule has 0 radical (unpaired) electrons. The third kappa shape index (κ3) is 11.0. The number of fused-ring (bicyclic) bond motifs is 1. The molecule has 0 bridgehead atoms. The first-order valence-electron chi connectivity index (χ1n) is 16.4. The van der Waals surface area contributed by atoms with E-state index in [4.69, 9.17) is 34.6 Å². The van der Waals surface area contributed by atoms with Crippen LogP contribution in [0.15, 0.2) is 146 Å². The van der Waals surface area contributed by atoms with Crippen LogP contribution in [0.4, 0.5) is 0 Å². The monoisotopic (exact) mass is 831 g/mol. The summed E-state index contributed by atoms with van der Waals surface area (Å²) in [5, 5.41) is 5.53. The van der Waals surface area contributed by atoms with Crippen molar-refractivity contribution in [2.24, 2.45) is 5.73 Å². The zero-order chi connectivity index (χ0) is 35.3. The van der Waals surface area contributed by atoms with Gasteiger partial charge in [0.05, 0.1) is 29.3 Å². The predicted molar refractivity (Wildman–Crippen MR) is 212 cm³/mol. The number of aromatic nitrogens is 2. The first-order valence-corrected chi connectivity index (χ1v) is 24.0. The van der Waals surface area contributed by atoms with E-state index < -0.39 is 21.6 Å². The van der Waals surface area contributed by atoms with E-state index in [0.29, 0.717) is 0 Å². The Hall–Kier alpha value is -2.49. The van der Waals surface area contributed by atoms with E-state index >= 15 is 0 Å². The number of benzene rings is 5. The third-order valence-corrected chi connectivity index (χ3v) is 13.3. The molecular formula is C40H43Cl2N3O2P2Ru. The van der Waals surface area contributed by atoms with Gasteiger partial charge >= 0.3 is 34.5 Å². The number of hydrogen-bond acceptors (Lipinski definition) is 4. The number of hydrogen-bond donors (Lipinski definition) is 2. The minimum atomic E-state index is -0.585. The van der Waals surface area contributed by atoms with E-state index in [1.165, 1.54) is 21.2 Å². The zero-order valence-electron chi connectivity index (χ0n) is 28.3. The van der Waals surface area contributed by atoms with E-state index in [9.17, 15) is 0 Å². The van der Waals surface area contributed by atoms with Crippen LogP contribution >= 0.6 is 35.2 Å². The molecule has 262 valence electrons. The van der Waals surface area contributed by atoms with Crippen molar-refractivity contribution < 1.29 is 24.6 Å². The van der Waals surface area contributed by atoms with Gasteiger partial charge in [-0.1, -0.05) is 133 Å². The second kappa shape index (κ2) is 19.4. The molecule has 1 fully saturated rings. The molecule has 7 rings (SSSR count). The molecule has 10 heteroatoms. The molecule has 2 heterocycles. The molecule has 50 heavy (non-hydrogen) atoms. The Morgan fingerprint density at radius 2 is 1.00 bits per heavy atom. The number of nitrogens with two attached hydrogens (primary N) is 1. The molecule has 3 N–H and O–H groups in total. The number of halogens is 2. The van der Waals surface area contributed by atoms with Crippen LogP contribution < -0.4 is 27.0 Å². The Morgan fingerprint density at radius 1 is 0.660 bits per heavy atom. The summed E-state index contributed by atoms with van der Waals surface area (Å²) in [5.74, 6) is 0.258. The SMILES string of the molecule is CC(N)c1nc2ccccc2[nH]1.CC1(C)OC(CP(c2ccccc2)c2ccccc2)C(CP(c2ccccc2)c2ccccc2)O1.[Cl][Ru][Cl]. The molecule has 0 saturated carbocycles. The number of imidazole rings is 1. The van der Waals surface area contributed by atoms with Gasteiger partial charge < -0.3 is 20.2 Å². The molecule has 1 aliphatic heterocycles. The van der Waals surface area contributed by atoms with Gasteiger partial charge in [-0.2, -0.15) is 0 Å². The molecule has 3 atom stereocenters. The minimum absolute atomic E-state index is 0.0302. The molecule has 1 aromatic heterocycles. The van der Waals surface area contributed by atoms with E-state index in [1.54, 1.807) is 0 Å². The van der Waals surface area contributed by atoms with Crippen molar-refractivity contribution >= 4 is 67.5 Å². The molecule has 1 saturated heterocycles. The van der Waals surface area contributed by atoms with Crippen molar-refractivity contribution in [2.45, 2.75) is 44.8 Å². The van der Waals surface area contributed by atoms with Gasteiger partial charge in [0, 0.05) is 12.3 Å². The molecule has 0 spiro atoms. The Labute approximate surface area is 314 Å². The Bertz CT molecular complexity index is 1650. The molecule has 3 unspecified atom stereocenters. The summed E-state index contributed by atoms with van der Waals surface area (Å²) >= 11 is -0.346. The molecule has 5 aromatic carbocycles. The molecule has 0 aliphatic carbocycles. The normalized spacial score (nSPS) is 17.2. The number of nitrogens with one attached hydrogen (secondary N) is 1. The van der Waals surface area contributed by atoms with Gasteiger partial charge in [-0.3, -0.25) is 0 Å².